The lowest BCUT2D eigenvalue weighted by Crippen LogP contribution is -2.47. The third kappa shape index (κ3) is 3.06. The maximum Gasteiger partial charge on any atom is 0.188 e. The fourth-order valence-electron chi connectivity index (χ4n) is 4.14. The molecule has 6 heteroatoms. The molecule has 1 aromatic carbocycles. The van der Waals surface area contributed by atoms with Crippen LogP contribution in [0, 0.1) is 30.1 Å². The third-order valence-electron chi connectivity index (χ3n) is 5.44. The van der Waals surface area contributed by atoms with Crippen LogP contribution in [0.1, 0.15) is 24.0 Å². The summed E-state index contributed by atoms with van der Waals surface area (Å²) >= 11 is 0. The summed E-state index contributed by atoms with van der Waals surface area (Å²) in [5.41, 5.74) is 1.67. The van der Waals surface area contributed by atoms with Crippen molar-refractivity contribution in [2.45, 2.75) is 25.9 Å². The van der Waals surface area contributed by atoms with E-state index in [1.54, 1.807) is 6.20 Å². The molecule has 3 atom stereocenters. The molecule has 1 aromatic heterocycles. The molecule has 1 aliphatic carbocycles. The third-order valence-corrected chi connectivity index (χ3v) is 5.44. The van der Waals surface area contributed by atoms with Gasteiger partial charge in [0.1, 0.15) is 18.0 Å². The van der Waals surface area contributed by atoms with Gasteiger partial charge < -0.3 is 14.5 Å². The molecule has 2 N–H and O–H groups in total. The number of nitrogens with two attached hydrogens (primary N) is 1. The quantitative estimate of drug-likeness (QED) is 0.854. The summed E-state index contributed by atoms with van der Waals surface area (Å²) in [4.78, 5) is 11.7. The highest BCUT2D eigenvalue weighted by molar-refractivity contribution is 5.44. The zero-order valence-electron chi connectivity index (χ0n) is 14.8. The van der Waals surface area contributed by atoms with Gasteiger partial charge in [-0.1, -0.05) is 6.07 Å². The molecule has 134 valence electrons. The molecule has 2 aliphatic rings. The first-order valence-corrected chi connectivity index (χ1v) is 8.93. The molecule has 1 saturated carbocycles. The lowest BCUT2D eigenvalue weighted by molar-refractivity contribution is 0.0983. The minimum atomic E-state index is 0.168. The number of nitriles is 1. The molecular weight excluding hydrogens is 328 g/mol. The highest BCUT2D eigenvalue weighted by Gasteiger charge is 2.44. The number of benzene rings is 1. The van der Waals surface area contributed by atoms with Crippen molar-refractivity contribution in [1.29, 1.82) is 5.26 Å². The van der Waals surface area contributed by atoms with Crippen LogP contribution < -0.4 is 20.4 Å². The minimum Gasteiger partial charge on any atom is -0.486 e. The molecule has 0 amide bonds. The van der Waals surface area contributed by atoms with E-state index in [0.29, 0.717) is 28.9 Å². The molecule has 0 spiro atoms. The zero-order valence-corrected chi connectivity index (χ0v) is 14.8. The molecule has 6 nitrogen and oxygen atoms in total. The summed E-state index contributed by atoms with van der Waals surface area (Å²) in [5.74, 6) is 8.53. The molecule has 2 fully saturated rings. The second-order valence-corrected chi connectivity index (χ2v) is 7.17. The first kappa shape index (κ1) is 16.7. The van der Waals surface area contributed by atoms with Gasteiger partial charge in [0.25, 0.3) is 0 Å². The minimum absolute atomic E-state index is 0.168. The maximum absolute atomic E-state index is 8.93. The summed E-state index contributed by atoms with van der Waals surface area (Å²) < 4.78 is 6.34. The van der Waals surface area contributed by atoms with Crippen molar-refractivity contribution in [3.05, 3.63) is 47.7 Å². The van der Waals surface area contributed by atoms with E-state index < -0.39 is 0 Å². The number of pyridine rings is 1. The van der Waals surface area contributed by atoms with E-state index in [4.69, 9.17) is 20.7 Å². The van der Waals surface area contributed by atoms with Gasteiger partial charge in [0.15, 0.2) is 11.5 Å². The van der Waals surface area contributed by atoms with Gasteiger partial charge in [0.2, 0.25) is 0 Å². The number of aryl methyl sites for hydroxylation is 1. The lowest BCUT2D eigenvalue weighted by Gasteiger charge is -2.38. The van der Waals surface area contributed by atoms with Crippen molar-refractivity contribution in [2.75, 3.05) is 18.0 Å². The molecule has 26 heavy (non-hydrogen) atoms. The van der Waals surface area contributed by atoms with Crippen LogP contribution >= 0.6 is 0 Å². The normalized spacial score (nSPS) is 24.2. The number of nitrogens with zero attached hydrogens (tertiary/aromatic N) is 3. The Morgan fingerprint density at radius 1 is 1.15 bits per heavy atom. The lowest BCUT2D eigenvalue weighted by atomic mass is 9.94. The van der Waals surface area contributed by atoms with Crippen LogP contribution in [0.15, 0.2) is 36.5 Å². The van der Waals surface area contributed by atoms with Crippen LogP contribution in [0.25, 0.3) is 0 Å². The number of rotatable bonds is 4. The SMILES string of the molecule is Cc1ccc(O[C@@H]2[C@@H]3CC[C@H]2CN(c2ccc(C#N)cn2)C3)c(ON)c1. The van der Waals surface area contributed by atoms with Crippen molar-refractivity contribution >= 4 is 5.82 Å². The first-order chi connectivity index (χ1) is 12.7. The molecule has 2 bridgehead atoms. The Balaban J connectivity index is 1.49. The van der Waals surface area contributed by atoms with Crippen LogP contribution in [0.4, 0.5) is 5.82 Å². The van der Waals surface area contributed by atoms with Gasteiger partial charge >= 0.3 is 0 Å². The predicted octanol–water partition coefficient (Wildman–Crippen LogP) is 2.81. The van der Waals surface area contributed by atoms with Crippen LogP contribution in [0.3, 0.4) is 0 Å². The summed E-state index contributed by atoms with van der Waals surface area (Å²) in [6.07, 6.45) is 4.09. The highest BCUT2D eigenvalue weighted by Crippen LogP contribution is 2.42. The Bertz CT molecular complexity index is 817. The Hall–Kier alpha value is -2.78. The van der Waals surface area contributed by atoms with Crippen LogP contribution in [-0.2, 0) is 0 Å². The summed E-state index contributed by atoms with van der Waals surface area (Å²) in [6.45, 7) is 3.81. The van der Waals surface area contributed by atoms with Crippen molar-refractivity contribution in [2.24, 2.45) is 17.7 Å². The number of piperidine rings is 1. The number of fused-ring (bicyclic) bond motifs is 2. The average Bonchev–Trinajstić information content (AvgIpc) is 2.90. The molecule has 0 unspecified atom stereocenters. The van der Waals surface area contributed by atoms with E-state index in [9.17, 15) is 0 Å². The Morgan fingerprint density at radius 2 is 1.92 bits per heavy atom. The van der Waals surface area contributed by atoms with Crippen molar-refractivity contribution < 1.29 is 9.57 Å². The van der Waals surface area contributed by atoms with Crippen LogP contribution in [0.5, 0.6) is 11.5 Å². The van der Waals surface area contributed by atoms with E-state index >= 15 is 0 Å². The number of hydrogen-bond donors (Lipinski definition) is 1. The largest absolute Gasteiger partial charge is 0.486 e. The van der Waals surface area contributed by atoms with Crippen LogP contribution in [0.2, 0.25) is 0 Å². The van der Waals surface area contributed by atoms with Crippen LogP contribution in [-0.4, -0.2) is 24.2 Å². The highest BCUT2D eigenvalue weighted by atomic mass is 16.6. The molecule has 1 aliphatic heterocycles. The fraction of sp³-hybridized carbons (Fsp3) is 0.400. The van der Waals surface area contributed by atoms with Gasteiger partial charge in [0, 0.05) is 31.1 Å². The topological polar surface area (TPSA) is 84.4 Å². The number of hydrogen-bond acceptors (Lipinski definition) is 6. The molecule has 2 aromatic rings. The molecule has 0 radical (unpaired) electrons. The van der Waals surface area contributed by atoms with Gasteiger partial charge in [-0.2, -0.15) is 11.2 Å². The van der Waals surface area contributed by atoms with Gasteiger partial charge in [0.05, 0.1) is 5.56 Å². The van der Waals surface area contributed by atoms with Gasteiger partial charge in [-0.15, -0.1) is 0 Å². The standard InChI is InChI=1S/C20H22N4O2/c1-13-2-6-17(18(8-13)26-22)25-20-15-4-5-16(20)12-24(11-15)19-7-3-14(9-21)10-23-19/h2-3,6-8,10,15-16,20H,4-5,11-12,22H2,1H3/t15-,16+,20-. The Labute approximate surface area is 153 Å². The number of anilines is 1. The second-order valence-electron chi connectivity index (χ2n) is 7.17. The molecule has 2 heterocycles. The monoisotopic (exact) mass is 350 g/mol. The van der Waals surface area contributed by atoms with E-state index in [-0.39, 0.29) is 6.10 Å². The van der Waals surface area contributed by atoms with Gasteiger partial charge in [-0.05, 0) is 49.6 Å². The smallest absolute Gasteiger partial charge is 0.188 e. The molecule has 1 saturated heterocycles. The summed E-state index contributed by atoms with van der Waals surface area (Å²) in [5, 5.41) is 8.93. The number of aromatic nitrogens is 1. The van der Waals surface area contributed by atoms with Gasteiger partial charge in [-0.25, -0.2) is 4.98 Å². The van der Waals surface area contributed by atoms with Crippen molar-refractivity contribution in [3.8, 4) is 17.6 Å². The maximum atomic E-state index is 8.93. The zero-order chi connectivity index (χ0) is 18.1. The van der Waals surface area contributed by atoms with E-state index in [1.165, 1.54) is 0 Å². The van der Waals surface area contributed by atoms with Crippen molar-refractivity contribution in [3.63, 3.8) is 0 Å². The Morgan fingerprint density at radius 3 is 2.54 bits per heavy atom. The molecule has 4 rings (SSSR count). The Kier molecular flexibility index (Phi) is 4.39. The fourth-order valence-corrected chi connectivity index (χ4v) is 4.14. The average molecular weight is 350 g/mol. The van der Waals surface area contributed by atoms with E-state index in [1.807, 2.05) is 37.3 Å². The summed E-state index contributed by atoms with van der Waals surface area (Å²) in [6, 6.07) is 11.7. The van der Waals surface area contributed by atoms with Crippen molar-refractivity contribution in [1.82, 2.24) is 4.98 Å². The second kappa shape index (κ2) is 6.85. The van der Waals surface area contributed by atoms with Gasteiger partial charge in [-0.3, -0.25) is 0 Å². The van der Waals surface area contributed by atoms with E-state index in [2.05, 4.69) is 16.0 Å². The summed E-state index contributed by atoms with van der Waals surface area (Å²) in [7, 11) is 0. The first-order valence-electron chi connectivity index (χ1n) is 8.93. The van der Waals surface area contributed by atoms with E-state index in [0.717, 1.165) is 37.3 Å². The number of ether oxygens (including phenoxy) is 1. The molecular formula is C20H22N4O2. The predicted molar refractivity (Wildman–Crippen MR) is 97.8 cm³/mol.